The summed E-state index contributed by atoms with van der Waals surface area (Å²) in [6.07, 6.45) is 5.75. The summed E-state index contributed by atoms with van der Waals surface area (Å²) in [6.45, 7) is 1.97. The standard InChI is InChI=1S/C12H19N3O2/c1-8-10(6-13-15-8)12(17)14-11-5-3-2-4-9(11)7-16/h6,9,11,16H,2-5,7H2,1H3,(H,13,15)(H,14,17). The lowest BCUT2D eigenvalue weighted by atomic mass is 9.85. The number of nitrogens with zero attached hydrogens (tertiary/aromatic N) is 1. The van der Waals surface area contributed by atoms with Crippen LogP contribution >= 0.6 is 0 Å². The molecule has 2 unspecified atom stereocenters. The van der Waals surface area contributed by atoms with E-state index in [4.69, 9.17) is 0 Å². The van der Waals surface area contributed by atoms with Gasteiger partial charge in [0.2, 0.25) is 0 Å². The first-order valence-electron chi connectivity index (χ1n) is 6.14. The quantitative estimate of drug-likeness (QED) is 0.734. The molecular formula is C12H19N3O2. The van der Waals surface area contributed by atoms with Crippen LogP contribution in [0.15, 0.2) is 6.20 Å². The number of carbonyl (C=O) groups is 1. The summed E-state index contributed by atoms with van der Waals surface area (Å²) in [4.78, 5) is 12.0. The van der Waals surface area contributed by atoms with Crippen LogP contribution in [0.1, 0.15) is 41.7 Å². The lowest BCUT2D eigenvalue weighted by molar-refractivity contribution is 0.0872. The van der Waals surface area contributed by atoms with Gasteiger partial charge in [0.1, 0.15) is 0 Å². The fourth-order valence-corrected chi connectivity index (χ4v) is 2.44. The van der Waals surface area contributed by atoms with Gasteiger partial charge in [-0.05, 0) is 19.8 Å². The zero-order valence-corrected chi connectivity index (χ0v) is 10.1. The molecule has 1 aliphatic carbocycles. The maximum Gasteiger partial charge on any atom is 0.254 e. The second-order valence-electron chi connectivity index (χ2n) is 4.72. The zero-order valence-electron chi connectivity index (χ0n) is 10.1. The third-order valence-corrected chi connectivity index (χ3v) is 3.53. The Bertz CT molecular complexity index is 389. The van der Waals surface area contributed by atoms with Crippen molar-refractivity contribution in [3.05, 3.63) is 17.5 Å². The van der Waals surface area contributed by atoms with E-state index in [1.165, 1.54) is 0 Å². The Morgan fingerprint density at radius 3 is 3.00 bits per heavy atom. The van der Waals surface area contributed by atoms with Gasteiger partial charge in [0.25, 0.3) is 5.91 Å². The summed E-state index contributed by atoms with van der Waals surface area (Å²) in [6, 6.07) is 0.0931. The Morgan fingerprint density at radius 1 is 1.59 bits per heavy atom. The summed E-state index contributed by atoms with van der Waals surface area (Å²) < 4.78 is 0. The molecule has 0 radical (unpaired) electrons. The zero-order chi connectivity index (χ0) is 12.3. The Kier molecular flexibility index (Phi) is 3.78. The molecule has 1 saturated carbocycles. The molecule has 1 aliphatic rings. The summed E-state index contributed by atoms with van der Waals surface area (Å²) in [5.74, 6) is 0.0986. The summed E-state index contributed by atoms with van der Waals surface area (Å²) in [7, 11) is 0. The largest absolute Gasteiger partial charge is 0.396 e. The van der Waals surface area contributed by atoms with Gasteiger partial charge in [-0.1, -0.05) is 12.8 Å². The highest BCUT2D eigenvalue weighted by Crippen LogP contribution is 2.24. The van der Waals surface area contributed by atoms with Gasteiger partial charge in [-0.25, -0.2) is 0 Å². The second-order valence-corrected chi connectivity index (χ2v) is 4.72. The van der Waals surface area contributed by atoms with Crippen molar-refractivity contribution < 1.29 is 9.90 Å². The topological polar surface area (TPSA) is 78.0 Å². The van der Waals surface area contributed by atoms with Crippen LogP contribution in [0.25, 0.3) is 0 Å². The fourth-order valence-electron chi connectivity index (χ4n) is 2.44. The van der Waals surface area contributed by atoms with E-state index in [1.54, 1.807) is 6.20 Å². The van der Waals surface area contributed by atoms with E-state index in [2.05, 4.69) is 15.5 Å². The Labute approximate surface area is 101 Å². The SMILES string of the molecule is Cc1[nH]ncc1C(=O)NC1CCCCC1CO. The van der Waals surface area contributed by atoms with Crippen molar-refractivity contribution in [3.8, 4) is 0 Å². The molecule has 0 aromatic carbocycles. The fraction of sp³-hybridized carbons (Fsp3) is 0.667. The van der Waals surface area contributed by atoms with E-state index in [9.17, 15) is 9.90 Å². The van der Waals surface area contributed by atoms with E-state index >= 15 is 0 Å². The molecule has 1 aromatic rings. The highest BCUT2D eigenvalue weighted by atomic mass is 16.3. The predicted octanol–water partition coefficient (Wildman–Crippen LogP) is 0.999. The second kappa shape index (κ2) is 5.31. The van der Waals surface area contributed by atoms with Crippen molar-refractivity contribution in [1.82, 2.24) is 15.5 Å². The molecular weight excluding hydrogens is 218 g/mol. The average Bonchev–Trinajstić information content (AvgIpc) is 2.76. The number of amides is 1. The number of H-pyrrole nitrogens is 1. The summed E-state index contributed by atoms with van der Waals surface area (Å²) in [5, 5.41) is 18.9. The number of hydrogen-bond donors (Lipinski definition) is 3. The molecule has 5 heteroatoms. The molecule has 2 atom stereocenters. The normalized spacial score (nSPS) is 24.6. The lowest BCUT2D eigenvalue weighted by Crippen LogP contribution is -2.43. The first-order valence-corrected chi connectivity index (χ1v) is 6.14. The molecule has 1 aromatic heterocycles. The van der Waals surface area contributed by atoms with Gasteiger partial charge in [-0.15, -0.1) is 0 Å². The third-order valence-electron chi connectivity index (χ3n) is 3.53. The van der Waals surface area contributed by atoms with Gasteiger partial charge in [-0.3, -0.25) is 9.89 Å². The minimum absolute atomic E-state index is 0.0931. The van der Waals surface area contributed by atoms with Crippen LogP contribution in [0.5, 0.6) is 0 Å². The van der Waals surface area contributed by atoms with E-state index in [0.717, 1.165) is 31.4 Å². The van der Waals surface area contributed by atoms with Crippen molar-refractivity contribution in [1.29, 1.82) is 0 Å². The van der Waals surface area contributed by atoms with Crippen molar-refractivity contribution in [2.75, 3.05) is 6.61 Å². The van der Waals surface area contributed by atoms with Crippen LogP contribution in [0.3, 0.4) is 0 Å². The van der Waals surface area contributed by atoms with Gasteiger partial charge in [0, 0.05) is 24.3 Å². The van der Waals surface area contributed by atoms with Crippen molar-refractivity contribution in [3.63, 3.8) is 0 Å². The molecule has 2 rings (SSSR count). The number of aromatic nitrogens is 2. The van der Waals surface area contributed by atoms with Crippen molar-refractivity contribution >= 4 is 5.91 Å². The molecule has 5 nitrogen and oxygen atoms in total. The number of aliphatic hydroxyl groups is 1. The first-order chi connectivity index (χ1) is 8.22. The van der Waals surface area contributed by atoms with Gasteiger partial charge in [0.15, 0.2) is 0 Å². The first kappa shape index (κ1) is 12.1. The smallest absolute Gasteiger partial charge is 0.254 e. The molecule has 0 aliphatic heterocycles. The van der Waals surface area contributed by atoms with E-state index in [0.29, 0.717) is 5.56 Å². The number of aliphatic hydroxyl groups excluding tert-OH is 1. The molecule has 1 amide bonds. The van der Waals surface area contributed by atoms with Crippen LogP contribution in [-0.2, 0) is 0 Å². The maximum atomic E-state index is 12.0. The third kappa shape index (κ3) is 2.66. The molecule has 1 heterocycles. The van der Waals surface area contributed by atoms with Gasteiger partial charge in [0.05, 0.1) is 11.8 Å². The van der Waals surface area contributed by atoms with Crippen molar-refractivity contribution in [2.45, 2.75) is 38.6 Å². The number of carbonyl (C=O) groups excluding carboxylic acids is 1. The minimum atomic E-state index is -0.0957. The van der Waals surface area contributed by atoms with Gasteiger partial charge < -0.3 is 10.4 Å². The predicted molar refractivity (Wildman–Crippen MR) is 63.6 cm³/mol. The van der Waals surface area contributed by atoms with Crippen LogP contribution in [-0.4, -0.2) is 33.9 Å². The van der Waals surface area contributed by atoms with Crippen molar-refractivity contribution in [2.24, 2.45) is 5.92 Å². The lowest BCUT2D eigenvalue weighted by Gasteiger charge is -2.30. The Balaban J connectivity index is 2.00. The summed E-state index contributed by atoms with van der Waals surface area (Å²) >= 11 is 0. The Hall–Kier alpha value is -1.36. The molecule has 17 heavy (non-hydrogen) atoms. The number of aromatic amines is 1. The van der Waals surface area contributed by atoms with E-state index in [-0.39, 0.29) is 24.5 Å². The number of hydrogen-bond acceptors (Lipinski definition) is 3. The van der Waals surface area contributed by atoms with Crippen LogP contribution in [0, 0.1) is 12.8 Å². The molecule has 0 bridgehead atoms. The molecule has 0 saturated heterocycles. The van der Waals surface area contributed by atoms with Gasteiger partial charge in [-0.2, -0.15) is 5.10 Å². The average molecular weight is 237 g/mol. The number of rotatable bonds is 3. The van der Waals surface area contributed by atoms with E-state index < -0.39 is 0 Å². The number of aryl methyl sites for hydroxylation is 1. The van der Waals surface area contributed by atoms with Crippen LogP contribution in [0.4, 0.5) is 0 Å². The summed E-state index contributed by atoms with van der Waals surface area (Å²) in [5.41, 5.74) is 1.37. The molecule has 94 valence electrons. The molecule has 1 fully saturated rings. The van der Waals surface area contributed by atoms with Crippen LogP contribution in [0.2, 0.25) is 0 Å². The minimum Gasteiger partial charge on any atom is -0.396 e. The highest BCUT2D eigenvalue weighted by Gasteiger charge is 2.26. The monoisotopic (exact) mass is 237 g/mol. The maximum absolute atomic E-state index is 12.0. The highest BCUT2D eigenvalue weighted by molar-refractivity contribution is 5.95. The molecule has 3 N–H and O–H groups in total. The molecule has 0 spiro atoms. The van der Waals surface area contributed by atoms with Crippen LogP contribution < -0.4 is 5.32 Å². The van der Waals surface area contributed by atoms with E-state index in [1.807, 2.05) is 6.92 Å². The number of nitrogens with one attached hydrogen (secondary N) is 2. The van der Waals surface area contributed by atoms with Gasteiger partial charge >= 0.3 is 0 Å². The Morgan fingerprint density at radius 2 is 2.35 bits per heavy atom.